The summed E-state index contributed by atoms with van der Waals surface area (Å²) in [5.41, 5.74) is 3.28. The van der Waals surface area contributed by atoms with Crippen LogP contribution in [-0.4, -0.2) is 37.9 Å². The summed E-state index contributed by atoms with van der Waals surface area (Å²) in [6, 6.07) is 4.30. The lowest BCUT2D eigenvalue weighted by atomic mass is 10.0. The van der Waals surface area contributed by atoms with Crippen LogP contribution in [0.4, 0.5) is 0 Å². The summed E-state index contributed by atoms with van der Waals surface area (Å²) in [5, 5.41) is 4.12. The third-order valence-electron chi connectivity index (χ3n) is 4.94. The molecule has 0 spiro atoms. The molecule has 1 saturated heterocycles. The van der Waals surface area contributed by atoms with Gasteiger partial charge in [0.25, 0.3) is 0 Å². The lowest BCUT2D eigenvalue weighted by molar-refractivity contribution is 0.239. The Morgan fingerprint density at radius 1 is 1.12 bits per heavy atom. The van der Waals surface area contributed by atoms with Gasteiger partial charge in [-0.2, -0.15) is 0 Å². The molecule has 1 aliphatic heterocycles. The predicted molar refractivity (Wildman–Crippen MR) is 94.5 cm³/mol. The van der Waals surface area contributed by atoms with E-state index in [0.29, 0.717) is 17.5 Å². The highest BCUT2D eigenvalue weighted by molar-refractivity contribution is 5.55. The van der Waals surface area contributed by atoms with E-state index in [1.54, 1.807) is 21.3 Å². The zero-order chi connectivity index (χ0) is 18.0. The monoisotopic (exact) mass is 346 g/mol. The first-order valence-electron chi connectivity index (χ1n) is 8.55. The summed E-state index contributed by atoms with van der Waals surface area (Å²) in [5.74, 6) is 2.95. The van der Waals surface area contributed by atoms with E-state index in [4.69, 9.17) is 18.7 Å². The van der Waals surface area contributed by atoms with Crippen molar-refractivity contribution in [3.8, 4) is 17.2 Å². The lowest BCUT2D eigenvalue weighted by Crippen LogP contribution is -2.24. The van der Waals surface area contributed by atoms with Crippen molar-refractivity contribution < 1.29 is 18.7 Å². The first-order chi connectivity index (χ1) is 12.1. The minimum atomic E-state index is 0.323. The highest BCUT2D eigenvalue weighted by atomic mass is 16.5. The third kappa shape index (κ3) is 3.18. The van der Waals surface area contributed by atoms with Crippen LogP contribution in [0, 0.1) is 13.8 Å². The Kier molecular flexibility index (Phi) is 5.18. The van der Waals surface area contributed by atoms with Gasteiger partial charge >= 0.3 is 0 Å². The predicted octanol–water partition coefficient (Wildman–Crippen LogP) is 3.65. The van der Waals surface area contributed by atoms with E-state index in [1.165, 1.54) is 5.56 Å². The Bertz CT molecular complexity index is 722. The molecule has 0 amide bonds. The van der Waals surface area contributed by atoms with Gasteiger partial charge in [-0.25, -0.2) is 0 Å². The van der Waals surface area contributed by atoms with Crippen molar-refractivity contribution in [3.05, 3.63) is 34.7 Å². The van der Waals surface area contributed by atoms with Gasteiger partial charge in [0.2, 0.25) is 5.75 Å². The number of aryl methyl sites for hydroxylation is 2. The molecule has 1 aliphatic rings. The number of benzene rings is 1. The molecule has 6 heteroatoms. The highest BCUT2D eigenvalue weighted by Gasteiger charge is 2.31. The van der Waals surface area contributed by atoms with E-state index in [0.717, 1.165) is 48.7 Å². The average Bonchev–Trinajstić information content (AvgIpc) is 3.20. The van der Waals surface area contributed by atoms with Crippen molar-refractivity contribution in [3.63, 3.8) is 0 Å². The summed E-state index contributed by atoms with van der Waals surface area (Å²) in [6.07, 6.45) is 2.27. The second-order valence-corrected chi connectivity index (χ2v) is 6.36. The van der Waals surface area contributed by atoms with Crippen molar-refractivity contribution in [2.75, 3.05) is 27.9 Å². The maximum Gasteiger partial charge on any atom is 0.203 e. The number of nitrogens with zero attached hydrogens (tertiary/aromatic N) is 2. The van der Waals surface area contributed by atoms with Crippen LogP contribution in [0.15, 0.2) is 16.7 Å². The third-order valence-corrected chi connectivity index (χ3v) is 4.94. The van der Waals surface area contributed by atoms with Gasteiger partial charge in [0.15, 0.2) is 11.5 Å². The van der Waals surface area contributed by atoms with Crippen LogP contribution in [-0.2, 0) is 6.54 Å². The van der Waals surface area contributed by atoms with Gasteiger partial charge in [-0.3, -0.25) is 4.90 Å². The molecule has 1 fully saturated rings. The first kappa shape index (κ1) is 17.6. The molecule has 6 nitrogen and oxygen atoms in total. The van der Waals surface area contributed by atoms with E-state index < -0.39 is 0 Å². The summed E-state index contributed by atoms with van der Waals surface area (Å²) in [6.45, 7) is 5.81. The summed E-state index contributed by atoms with van der Waals surface area (Å²) in [7, 11) is 4.92. The Labute approximate surface area is 148 Å². The Morgan fingerprint density at radius 2 is 1.88 bits per heavy atom. The summed E-state index contributed by atoms with van der Waals surface area (Å²) >= 11 is 0. The minimum absolute atomic E-state index is 0.323. The van der Waals surface area contributed by atoms with E-state index in [2.05, 4.69) is 10.1 Å². The second-order valence-electron chi connectivity index (χ2n) is 6.36. The number of rotatable bonds is 6. The number of aromatic nitrogens is 1. The molecule has 1 unspecified atom stereocenters. The number of ether oxygens (including phenoxy) is 3. The van der Waals surface area contributed by atoms with E-state index in [-0.39, 0.29) is 0 Å². The Hall–Kier alpha value is -2.21. The van der Waals surface area contributed by atoms with Gasteiger partial charge in [-0.05, 0) is 39.3 Å². The number of hydrogen-bond acceptors (Lipinski definition) is 6. The van der Waals surface area contributed by atoms with Gasteiger partial charge in [-0.1, -0.05) is 11.2 Å². The van der Waals surface area contributed by atoms with Crippen molar-refractivity contribution in [1.29, 1.82) is 0 Å². The van der Waals surface area contributed by atoms with Crippen LogP contribution in [0.1, 0.15) is 41.5 Å². The molecule has 0 radical (unpaired) electrons. The molecule has 1 aromatic carbocycles. The molecule has 0 N–H and O–H groups in total. The molecule has 2 heterocycles. The number of methoxy groups -OCH3 is 3. The highest BCUT2D eigenvalue weighted by Crippen LogP contribution is 2.42. The largest absolute Gasteiger partial charge is 0.493 e. The molecule has 2 aromatic rings. The fourth-order valence-electron chi connectivity index (χ4n) is 3.81. The molecule has 0 saturated carbocycles. The maximum atomic E-state index is 5.63. The molecular weight excluding hydrogens is 320 g/mol. The van der Waals surface area contributed by atoms with Crippen LogP contribution < -0.4 is 14.2 Å². The molecule has 1 aromatic heterocycles. The topological polar surface area (TPSA) is 57.0 Å². The quantitative estimate of drug-likeness (QED) is 0.796. The standard InChI is InChI=1S/C19H26N2O4/c1-12-17(13(2)25-20-12)15-7-6-10-21(15)11-14-8-9-16(22-3)19(24-5)18(14)23-4/h8-9,15H,6-7,10-11H2,1-5H3. The van der Waals surface area contributed by atoms with Crippen molar-refractivity contribution >= 4 is 0 Å². The van der Waals surface area contributed by atoms with Crippen LogP contribution in [0.2, 0.25) is 0 Å². The Balaban J connectivity index is 1.91. The van der Waals surface area contributed by atoms with Crippen molar-refractivity contribution in [2.24, 2.45) is 0 Å². The minimum Gasteiger partial charge on any atom is -0.493 e. The van der Waals surface area contributed by atoms with Crippen LogP contribution in [0.25, 0.3) is 0 Å². The molecule has 136 valence electrons. The average molecular weight is 346 g/mol. The smallest absolute Gasteiger partial charge is 0.203 e. The lowest BCUT2D eigenvalue weighted by Gasteiger charge is -2.26. The van der Waals surface area contributed by atoms with E-state index in [9.17, 15) is 0 Å². The van der Waals surface area contributed by atoms with E-state index >= 15 is 0 Å². The Morgan fingerprint density at radius 3 is 2.48 bits per heavy atom. The van der Waals surface area contributed by atoms with Gasteiger partial charge < -0.3 is 18.7 Å². The fourth-order valence-corrected chi connectivity index (χ4v) is 3.81. The molecule has 0 aliphatic carbocycles. The number of hydrogen-bond donors (Lipinski definition) is 0. The SMILES string of the molecule is COc1ccc(CN2CCCC2c2c(C)noc2C)c(OC)c1OC. The normalized spacial score (nSPS) is 17.7. The zero-order valence-corrected chi connectivity index (χ0v) is 15.6. The number of likely N-dealkylation sites (tertiary alicyclic amines) is 1. The van der Waals surface area contributed by atoms with Gasteiger partial charge in [0.05, 0.1) is 27.0 Å². The molecule has 1 atom stereocenters. The van der Waals surface area contributed by atoms with Crippen LogP contribution in [0.5, 0.6) is 17.2 Å². The van der Waals surface area contributed by atoms with Crippen LogP contribution in [0.3, 0.4) is 0 Å². The van der Waals surface area contributed by atoms with Crippen LogP contribution >= 0.6 is 0 Å². The van der Waals surface area contributed by atoms with E-state index in [1.807, 2.05) is 26.0 Å². The first-order valence-corrected chi connectivity index (χ1v) is 8.55. The second kappa shape index (κ2) is 7.35. The summed E-state index contributed by atoms with van der Waals surface area (Å²) in [4.78, 5) is 2.45. The molecular formula is C19H26N2O4. The van der Waals surface area contributed by atoms with Crippen molar-refractivity contribution in [2.45, 2.75) is 39.3 Å². The van der Waals surface area contributed by atoms with Gasteiger partial charge in [0, 0.05) is 23.7 Å². The van der Waals surface area contributed by atoms with Gasteiger partial charge in [0.1, 0.15) is 5.76 Å². The van der Waals surface area contributed by atoms with Crippen molar-refractivity contribution in [1.82, 2.24) is 10.1 Å². The fraction of sp³-hybridized carbons (Fsp3) is 0.526. The molecule has 25 heavy (non-hydrogen) atoms. The summed E-state index contributed by atoms with van der Waals surface area (Å²) < 4.78 is 21.9. The molecule has 3 rings (SSSR count). The van der Waals surface area contributed by atoms with Gasteiger partial charge in [-0.15, -0.1) is 0 Å². The maximum absolute atomic E-state index is 5.63. The zero-order valence-electron chi connectivity index (χ0n) is 15.6. The molecule has 0 bridgehead atoms.